The van der Waals surface area contributed by atoms with E-state index in [1.807, 2.05) is 60.7 Å². The fraction of sp³-hybridized carbons (Fsp3) is 0.290. The summed E-state index contributed by atoms with van der Waals surface area (Å²) in [6.07, 6.45) is 4.94. The molecule has 1 aliphatic carbocycles. The Morgan fingerprint density at radius 2 is 1.51 bits per heavy atom. The molecule has 0 spiro atoms. The number of methoxy groups -OCH3 is 4. The maximum Gasteiger partial charge on any atom is 0.274 e. The number of carbonyl (C=O) groups excluding carboxylic acids is 1. The van der Waals surface area contributed by atoms with Crippen molar-refractivity contribution in [3.63, 3.8) is 0 Å². The van der Waals surface area contributed by atoms with Crippen LogP contribution < -0.4 is 18.9 Å². The van der Waals surface area contributed by atoms with Crippen molar-refractivity contribution in [1.29, 1.82) is 0 Å². The normalized spacial score (nSPS) is 19.4. The van der Waals surface area contributed by atoms with Gasteiger partial charge >= 0.3 is 0 Å². The second-order valence-electron chi connectivity index (χ2n) is 9.48. The molecule has 0 unspecified atom stereocenters. The molecule has 3 aromatic carbocycles. The highest BCUT2D eigenvalue weighted by Crippen LogP contribution is 2.46. The van der Waals surface area contributed by atoms with Gasteiger partial charge in [0.1, 0.15) is 0 Å². The number of fused-ring (bicyclic) bond motifs is 1. The van der Waals surface area contributed by atoms with Gasteiger partial charge in [0.25, 0.3) is 5.91 Å². The number of rotatable bonds is 7. The molecule has 1 amide bonds. The summed E-state index contributed by atoms with van der Waals surface area (Å²) in [4.78, 5) is 13.9. The number of hydrazone groups is 1. The predicted molar refractivity (Wildman–Crippen MR) is 155 cm³/mol. The topological polar surface area (TPSA) is 69.6 Å². The van der Waals surface area contributed by atoms with E-state index in [4.69, 9.17) is 24.0 Å². The molecule has 0 N–H and O–H groups in total. The van der Waals surface area contributed by atoms with Crippen LogP contribution in [0.4, 0.5) is 0 Å². The third-order valence-electron chi connectivity index (χ3n) is 7.30. The Kier molecular flexibility index (Phi) is 7.93. The van der Waals surface area contributed by atoms with E-state index in [2.05, 4.69) is 22.0 Å². The number of halogens is 1. The lowest BCUT2D eigenvalue weighted by molar-refractivity contribution is 0.0680. The molecular formula is C31H31BrN2O5. The molecule has 3 aromatic rings. The van der Waals surface area contributed by atoms with Gasteiger partial charge in [0, 0.05) is 16.0 Å². The van der Waals surface area contributed by atoms with Gasteiger partial charge in [-0.1, -0.05) is 28.1 Å². The number of hydrogen-bond donors (Lipinski definition) is 0. The van der Waals surface area contributed by atoms with E-state index in [1.165, 1.54) is 0 Å². The second-order valence-corrected chi connectivity index (χ2v) is 10.4. The zero-order valence-corrected chi connectivity index (χ0v) is 24.0. The Labute approximate surface area is 237 Å². The van der Waals surface area contributed by atoms with E-state index >= 15 is 0 Å². The molecule has 1 saturated carbocycles. The summed E-state index contributed by atoms with van der Waals surface area (Å²) in [5.41, 5.74) is 4.59. The van der Waals surface area contributed by atoms with Crippen LogP contribution in [0.2, 0.25) is 0 Å². The molecule has 1 heterocycles. The van der Waals surface area contributed by atoms with Crippen LogP contribution in [0.1, 0.15) is 46.8 Å². The van der Waals surface area contributed by atoms with Gasteiger partial charge in [-0.05, 0) is 90.6 Å². The van der Waals surface area contributed by atoms with Crippen LogP contribution in [0.25, 0.3) is 6.08 Å². The summed E-state index contributed by atoms with van der Waals surface area (Å²) >= 11 is 3.46. The summed E-state index contributed by atoms with van der Waals surface area (Å²) in [6.45, 7) is 0. The van der Waals surface area contributed by atoms with Gasteiger partial charge < -0.3 is 18.9 Å². The third kappa shape index (κ3) is 5.26. The number of ether oxygens (including phenoxy) is 4. The van der Waals surface area contributed by atoms with Crippen LogP contribution in [0, 0.1) is 5.92 Å². The van der Waals surface area contributed by atoms with Crippen molar-refractivity contribution >= 4 is 33.6 Å². The Balaban J connectivity index is 1.59. The van der Waals surface area contributed by atoms with Crippen LogP contribution in [-0.2, 0) is 0 Å². The first kappa shape index (κ1) is 26.8. The summed E-state index contributed by atoms with van der Waals surface area (Å²) in [7, 11) is 6.49. The van der Waals surface area contributed by atoms with Gasteiger partial charge in [-0.25, -0.2) is 5.01 Å². The largest absolute Gasteiger partial charge is 0.493 e. The Morgan fingerprint density at radius 1 is 0.872 bits per heavy atom. The number of allylic oxidation sites excluding steroid dienone is 1. The first-order chi connectivity index (χ1) is 19.0. The van der Waals surface area contributed by atoms with Crippen molar-refractivity contribution in [3.8, 4) is 23.0 Å². The van der Waals surface area contributed by atoms with Gasteiger partial charge in [0.15, 0.2) is 23.0 Å². The molecule has 0 bridgehead atoms. The van der Waals surface area contributed by atoms with Crippen LogP contribution in [0.15, 0.2) is 75.8 Å². The molecular weight excluding hydrogens is 560 g/mol. The molecule has 7 nitrogen and oxygen atoms in total. The lowest BCUT2D eigenvalue weighted by atomic mass is 9.77. The van der Waals surface area contributed by atoms with Gasteiger partial charge in [-0.2, -0.15) is 5.10 Å². The van der Waals surface area contributed by atoms with Crippen molar-refractivity contribution < 1.29 is 23.7 Å². The highest BCUT2D eigenvalue weighted by molar-refractivity contribution is 9.10. The van der Waals surface area contributed by atoms with Crippen molar-refractivity contribution in [2.45, 2.75) is 25.3 Å². The third-order valence-corrected chi connectivity index (χ3v) is 7.83. The summed E-state index contributed by atoms with van der Waals surface area (Å²) < 4.78 is 22.9. The predicted octanol–water partition coefficient (Wildman–Crippen LogP) is 6.92. The van der Waals surface area contributed by atoms with Crippen molar-refractivity contribution in [3.05, 3.63) is 87.4 Å². The second kappa shape index (κ2) is 11.5. The first-order valence-corrected chi connectivity index (χ1v) is 13.6. The maximum atomic E-state index is 13.9. The number of hydrogen-bond acceptors (Lipinski definition) is 6. The summed E-state index contributed by atoms with van der Waals surface area (Å²) in [5, 5.41) is 6.66. The molecule has 2 aliphatic rings. The van der Waals surface area contributed by atoms with Gasteiger partial charge in [-0.3, -0.25) is 4.79 Å². The fourth-order valence-electron chi connectivity index (χ4n) is 5.41. The fourth-order valence-corrected chi connectivity index (χ4v) is 5.67. The van der Waals surface area contributed by atoms with E-state index in [-0.39, 0.29) is 17.9 Å². The Morgan fingerprint density at radius 3 is 2.18 bits per heavy atom. The quantitative estimate of drug-likeness (QED) is 0.299. The molecule has 1 fully saturated rings. The Bertz CT molecular complexity index is 1430. The highest BCUT2D eigenvalue weighted by atomic mass is 79.9. The molecule has 202 valence electrons. The first-order valence-electron chi connectivity index (χ1n) is 12.8. The summed E-state index contributed by atoms with van der Waals surface area (Å²) in [6, 6.07) is 18.8. The van der Waals surface area contributed by atoms with Gasteiger partial charge in [0.2, 0.25) is 0 Å². The van der Waals surface area contributed by atoms with Crippen molar-refractivity contribution in [2.24, 2.45) is 11.0 Å². The average Bonchev–Trinajstić information content (AvgIpc) is 3.37. The van der Waals surface area contributed by atoms with E-state index in [0.717, 1.165) is 46.1 Å². The van der Waals surface area contributed by atoms with Gasteiger partial charge in [-0.15, -0.1) is 0 Å². The molecule has 2 atom stereocenters. The zero-order chi connectivity index (χ0) is 27.5. The van der Waals surface area contributed by atoms with Crippen LogP contribution in [0.5, 0.6) is 23.0 Å². The van der Waals surface area contributed by atoms with E-state index in [1.54, 1.807) is 33.4 Å². The van der Waals surface area contributed by atoms with Crippen LogP contribution in [0.3, 0.4) is 0 Å². The molecule has 0 saturated heterocycles. The molecule has 39 heavy (non-hydrogen) atoms. The van der Waals surface area contributed by atoms with Crippen molar-refractivity contribution in [2.75, 3.05) is 28.4 Å². The monoisotopic (exact) mass is 590 g/mol. The zero-order valence-electron chi connectivity index (χ0n) is 22.4. The average molecular weight is 592 g/mol. The van der Waals surface area contributed by atoms with Gasteiger partial charge in [0.05, 0.1) is 40.2 Å². The lowest BCUT2D eigenvalue weighted by Crippen LogP contribution is -2.32. The minimum atomic E-state index is -0.273. The number of carbonyl (C=O) groups is 1. The van der Waals surface area contributed by atoms with Crippen LogP contribution >= 0.6 is 15.9 Å². The number of amides is 1. The molecule has 1 aliphatic heterocycles. The molecule has 0 radical (unpaired) electrons. The minimum Gasteiger partial charge on any atom is -0.493 e. The van der Waals surface area contributed by atoms with E-state index in [0.29, 0.717) is 28.6 Å². The standard InChI is InChI=1S/C31H31BrN2O5/c1-36-25-14-8-19(17-27(25)38-3)16-21-6-5-7-24-29(21)33-34(31(35)20-9-12-23(32)13-10-20)30(24)22-11-15-26(37-2)28(18-22)39-4/h8-18,24,30H,5-7H2,1-4H3/b21-16+/t24-,30-/m0/s1. The maximum absolute atomic E-state index is 13.9. The summed E-state index contributed by atoms with van der Waals surface area (Å²) in [5.74, 6) is 2.51. The van der Waals surface area contributed by atoms with E-state index < -0.39 is 0 Å². The van der Waals surface area contributed by atoms with E-state index in [9.17, 15) is 4.79 Å². The highest BCUT2D eigenvalue weighted by Gasteiger charge is 2.44. The number of nitrogens with zero attached hydrogens (tertiary/aromatic N) is 2. The molecule has 5 rings (SSSR count). The molecule has 0 aromatic heterocycles. The van der Waals surface area contributed by atoms with Crippen molar-refractivity contribution in [1.82, 2.24) is 5.01 Å². The smallest absolute Gasteiger partial charge is 0.274 e. The molecule has 8 heteroatoms. The number of benzene rings is 3. The minimum absolute atomic E-state index is 0.0441. The van der Waals surface area contributed by atoms with Crippen LogP contribution in [-0.4, -0.2) is 45.1 Å². The lowest BCUT2D eigenvalue weighted by Gasteiger charge is -2.30. The SMILES string of the molecule is COc1ccc(/C=C2\CCC[C@H]3C2=NN(C(=O)c2ccc(Br)cc2)[C@H]3c2ccc(OC)c(OC)c2)cc1OC. The Hall–Kier alpha value is -3.78.